The molecular weight excluding hydrogens is 563 g/mol. The molecule has 1 saturated heterocycles. The van der Waals surface area contributed by atoms with E-state index in [1.165, 1.54) is 23.1 Å². The van der Waals surface area contributed by atoms with Gasteiger partial charge >= 0.3 is 11.8 Å². The maximum Gasteiger partial charge on any atom is 0.352 e. The Kier molecular flexibility index (Phi) is 7.09. The summed E-state index contributed by atoms with van der Waals surface area (Å²) in [5, 5.41) is 17.2. The summed E-state index contributed by atoms with van der Waals surface area (Å²) in [6.07, 6.45) is 4.16. The molecule has 0 aliphatic carbocycles. The quantitative estimate of drug-likeness (QED) is 0.0715. The average molecular weight is 582 g/mol. The van der Waals surface area contributed by atoms with E-state index < -0.39 is 48.2 Å². The third-order valence-corrected chi connectivity index (χ3v) is 8.32. The van der Waals surface area contributed by atoms with Gasteiger partial charge in [-0.2, -0.15) is 13.8 Å². The summed E-state index contributed by atoms with van der Waals surface area (Å²) in [6, 6.07) is -1.07. The van der Waals surface area contributed by atoms with E-state index in [-0.39, 0.29) is 29.0 Å². The van der Waals surface area contributed by atoms with Crippen molar-refractivity contribution in [2.75, 3.05) is 24.8 Å². The number of aromatic nitrogens is 4. The smallest absolute Gasteiger partial charge is 0.352 e. The Morgan fingerprint density at radius 3 is 2.95 bits per heavy atom. The number of carboxylic acids is 1. The molecule has 38 heavy (non-hydrogen) atoms. The van der Waals surface area contributed by atoms with E-state index in [4.69, 9.17) is 10.6 Å². The van der Waals surface area contributed by atoms with Crippen molar-refractivity contribution in [3.63, 3.8) is 0 Å². The van der Waals surface area contributed by atoms with E-state index in [9.17, 15) is 28.7 Å². The molecule has 0 aromatic carbocycles. The van der Waals surface area contributed by atoms with E-state index >= 15 is 0 Å². The van der Waals surface area contributed by atoms with Gasteiger partial charge in [0, 0.05) is 28.2 Å². The number of imidazole rings is 1. The fourth-order valence-electron chi connectivity index (χ4n) is 4.04. The number of hydrogen-bond donors (Lipinski definition) is 3. The Morgan fingerprint density at radius 1 is 1.45 bits per heavy atom. The topological polar surface area (TPSA) is 185 Å². The van der Waals surface area contributed by atoms with Crippen LogP contribution in [0.15, 0.2) is 34.2 Å². The summed E-state index contributed by atoms with van der Waals surface area (Å²) in [5.74, 6) is -2.40. The van der Waals surface area contributed by atoms with Crippen molar-refractivity contribution in [1.82, 2.24) is 24.0 Å². The van der Waals surface area contributed by atoms with Crippen LogP contribution < -0.4 is 15.6 Å². The number of rotatable bonds is 10. The number of oxime groups is 1. The van der Waals surface area contributed by atoms with Crippen molar-refractivity contribution in [2.24, 2.45) is 5.16 Å². The summed E-state index contributed by atoms with van der Waals surface area (Å²) < 4.78 is 19.7. The van der Waals surface area contributed by atoms with Crippen molar-refractivity contribution < 1.29 is 38.1 Å². The number of thioether (sulfide) groups is 1. The van der Waals surface area contributed by atoms with Gasteiger partial charge < -0.3 is 21.0 Å². The number of nitrogens with one attached hydrogen (secondary N) is 1. The van der Waals surface area contributed by atoms with Gasteiger partial charge in [-0.1, -0.05) is 16.5 Å². The highest BCUT2D eigenvalue weighted by molar-refractivity contribution is 8.00. The number of nitrogens with zero attached hydrogens (tertiary/aromatic N) is 6. The number of anilines is 1. The van der Waals surface area contributed by atoms with Gasteiger partial charge in [-0.3, -0.25) is 19.3 Å². The van der Waals surface area contributed by atoms with Crippen LogP contribution in [0, 0.1) is 0 Å². The van der Waals surface area contributed by atoms with Crippen LogP contribution in [0.25, 0.3) is 4.83 Å². The average Bonchev–Trinajstić information content (AvgIpc) is 3.60. The highest BCUT2D eigenvalue weighted by Crippen LogP contribution is 2.40. The Bertz CT molecular complexity index is 1510. The summed E-state index contributed by atoms with van der Waals surface area (Å²) in [7, 11) is 0. The van der Waals surface area contributed by atoms with Gasteiger partial charge in [0.05, 0.1) is 0 Å². The molecule has 14 nitrogen and oxygen atoms in total. The molecule has 0 saturated carbocycles. The monoisotopic (exact) mass is 581 g/mol. The lowest BCUT2D eigenvalue weighted by Crippen LogP contribution is -2.71. The molecule has 4 N–H and O–H groups in total. The maximum absolute atomic E-state index is 13.1. The summed E-state index contributed by atoms with van der Waals surface area (Å²) in [4.78, 5) is 60.5. The first-order valence-electron chi connectivity index (χ1n) is 10.8. The molecule has 0 bridgehead atoms. The molecule has 18 heteroatoms. The zero-order valence-corrected chi connectivity index (χ0v) is 21.6. The van der Waals surface area contributed by atoms with Gasteiger partial charge in [-0.25, -0.2) is 13.8 Å². The zero-order chi connectivity index (χ0) is 27.0. The number of amides is 2. The van der Waals surface area contributed by atoms with Crippen LogP contribution in [-0.2, 0) is 25.8 Å². The van der Waals surface area contributed by atoms with Crippen LogP contribution in [0.5, 0.6) is 0 Å². The molecule has 0 unspecified atom stereocenters. The fraction of sp³-hybridized carbons (Fsp3) is 0.300. The number of alkyl halides is 1. The van der Waals surface area contributed by atoms with Crippen molar-refractivity contribution >= 4 is 74.4 Å². The van der Waals surface area contributed by atoms with E-state index in [2.05, 4.69) is 19.8 Å². The highest BCUT2D eigenvalue weighted by Gasteiger charge is 2.54. The molecule has 3 aromatic heterocycles. The minimum Gasteiger partial charge on any atom is -0.477 e. The predicted octanol–water partition coefficient (Wildman–Crippen LogP) is -0.336. The second-order valence-corrected chi connectivity index (χ2v) is 10.7. The normalized spacial score (nSPS) is 19.3. The molecule has 5 rings (SSSR count). The number of nitrogen functional groups attached to an aromatic ring is 1. The number of halogens is 1. The van der Waals surface area contributed by atoms with E-state index in [0.29, 0.717) is 17.7 Å². The van der Waals surface area contributed by atoms with Crippen LogP contribution in [0.3, 0.4) is 0 Å². The number of carbonyl (C=O) groups is 4. The Balaban J connectivity index is 1.37. The Labute approximate surface area is 224 Å². The van der Waals surface area contributed by atoms with Crippen LogP contribution >= 0.6 is 34.6 Å². The van der Waals surface area contributed by atoms with Gasteiger partial charge in [-0.15, -0.1) is 11.8 Å². The first-order chi connectivity index (χ1) is 18.3. The number of fused-ring (bicyclic) bond motifs is 2. The van der Waals surface area contributed by atoms with E-state index in [1.807, 2.05) is 5.38 Å². The largest absolute Gasteiger partial charge is 0.477 e. The van der Waals surface area contributed by atoms with Gasteiger partial charge in [0.2, 0.25) is 22.7 Å². The molecule has 198 valence electrons. The van der Waals surface area contributed by atoms with Crippen LogP contribution in [0.4, 0.5) is 9.52 Å². The molecule has 3 aromatic rings. The summed E-state index contributed by atoms with van der Waals surface area (Å²) >= 11 is 3.49. The minimum atomic E-state index is -1.30. The van der Waals surface area contributed by atoms with E-state index in [1.54, 1.807) is 21.4 Å². The lowest BCUT2D eigenvalue weighted by Gasteiger charge is -2.49. The van der Waals surface area contributed by atoms with Gasteiger partial charge in [0.1, 0.15) is 49.3 Å². The second kappa shape index (κ2) is 10.5. The first-order valence-corrected chi connectivity index (χ1v) is 13.5. The lowest BCUT2D eigenvalue weighted by molar-refractivity contribution is -0.688. The molecule has 0 spiro atoms. The standard InChI is InChI=1S/C20H17FN8O6S3/c21-1-3-35-25-12(15-24-20(22)38-26-15)16(31)23-13-17(32)29-14(19(33)34)9(8-37-18(13)29)5-27-6-11-28(2-4-36-11)10(27)7-30/h2,4,6-7,13,18H,1,3,5,8H2,(H3-,22,23,24,26,31,33,34)/p+1/b25-12-/t13-,18-/m1/s1. The van der Waals surface area contributed by atoms with Crippen LogP contribution in [0.2, 0.25) is 0 Å². The Hall–Kier alpha value is -3.90. The predicted molar refractivity (Wildman–Crippen MR) is 133 cm³/mol. The molecule has 0 radical (unpaired) electrons. The number of carboxylic acid groups (broad SMARTS) is 1. The molecule has 2 atom stereocenters. The molecule has 1 fully saturated rings. The summed E-state index contributed by atoms with van der Waals surface area (Å²) in [5.41, 5.74) is 5.41. The van der Waals surface area contributed by atoms with Crippen molar-refractivity contribution in [2.45, 2.75) is 18.0 Å². The third-order valence-electron chi connectivity index (χ3n) is 5.64. The molecule has 2 aliphatic heterocycles. The number of β-lactam (4-membered cyclic amide) rings is 1. The van der Waals surface area contributed by atoms with Gasteiger partial charge in [-0.05, 0) is 0 Å². The summed E-state index contributed by atoms with van der Waals surface area (Å²) in [6.45, 7) is -1.17. The Morgan fingerprint density at radius 2 is 2.26 bits per heavy atom. The third kappa shape index (κ3) is 4.50. The molecule has 2 aliphatic rings. The van der Waals surface area contributed by atoms with Gasteiger partial charge in [0.25, 0.3) is 11.8 Å². The molecular formula is C20H18FN8O6S3+. The molecule has 5 heterocycles. The number of thiazole rings is 1. The highest BCUT2D eigenvalue weighted by atomic mass is 32.2. The fourth-order valence-corrected chi connectivity index (χ4v) is 6.59. The zero-order valence-electron chi connectivity index (χ0n) is 19.1. The number of hydrogen-bond acceptors (Lipinski definition) is 12. The van der Waals surface area contributed by atoms with Crippen molar-refractivity contribution in [1.29, 1.82) is 0 Å². The van der Waals surface area contributed by atoms with Gasteiger partial charge in [0.15, 0.2) is 5.13 Å². The number of nitrogens with two attached hydrogens (primary N) is 1. The SMILES string of the molecule is Nc1nc(/C(=N/OCCF)C(=O)N[C@@H]2C(=O)N3C(C(=O)O)=C(C[n+]4cc5sccn5c4C=O)CS[C@H]23)ns1. The lowest BCUT2D eigenvalue weighted by atomic mass is 10.0. The molecule has 2 amide bonds. The van der Waals surface area contributed by atoms with Crippen LogP contribution in [0.1, 0.15) is 16.4 Å². The first kappa shape index (κ1) is 25.7. The van der Waals surface area contributed by atoms with Crippen LogP contribution in [-0.4, -0.2) is 84.0 Å². The van der Waals surface area contributed by atoms with E-state index in [0.717, 1.165) is 21.3 Å². The second-order valence-electron chi connectivity index (χ2n) is 7.88. The number of aldehydes is 1. The minimum absolute atomic E-state index is 0.0576. The number of aliphatic carboxylic acids is 1. The maximum atomic E-state index is 13.1. The van der Waals surface area contributed by atoms with Crippen molar-refractivity contribution in [3.05, 3.63) is 40.7 Å². The number of carbonyl (C=O) groups excluding carboxylic acids is 3. The van der Waals surface area contributed by atoms with Crippen molar-refractivity contribution in [3.8, 4) is 0 Å².